The molecular weight excluding hydrogens is 505 g/mol. The van der Waals surface area contributed by atoms with Crippen molar-refractivity contribution in [1.29, 1.82) is 0 Å². The fourth-order valence-electron chi connectivity index (χ4n) is 4.65. The molecule has 39 heavy (non-hydrogen) atoms. The van der Waals surface area contributed by atoms with Crippen LogP contribution in [-0.4, -0.2) is 67.2 Å². The fraction of sp³-hybridized carbons (Fsp3) is 0.276. The van der Waals surface area contributed by atoms with Crippen molar-refractivity contribution in [3.05, 3.63) is 95.3 Å². The highest BCUT2D eigenvalue weighted by atomic mass is 19.1. The minimum atomic E-state index is -0.916. The number of carbonyl (C=O) groups is 3. The molecule has 0 bridgehead atoms. The van der Waals surface area contributed by atoms with E-state index in [1.165, 1.54) is 17.0 Å². The van der Waals surface area contributed by atoms with Crippen LogP contribution in [0.5, 0.6) is 5.75 Å². The zero-order chi connectivity index (χ0) is 27.4. The number of rotatable bonds is 7. The molecule has 3 aromatic rings. The summed E-state index contributed by atoms with van der Waals surface area (Å²) >= 11 is 0. The zero-order valence-electron chi connectivity index (χ0n) is 21.3. The summed E-state index contributed by atoms with van der Waals surface area (Å²) in [5, 5.41) is 2.84. The lowest BCUT2D eigenvalue weighted by Crippen LogP contribution is -2.51. The maximum absolute atomic E-state index is 13.7. The van der Waals surface area contributed by atoms with Crippen molar-refractivity contribution in [3.8, 4) is 5.75 Å². The molecule has 2 aliphatic heterocycles. The number of benzene rings is 3. The van der Waals surface area contributed by atoms with Gasteiger partial charge in [-0.2, -0.15) is 0 Å². The number of amides is 3. The number of hydrogen-bond acceptors (Lipinski definition) is 6. The second-order valence-corrected chi connectivity index (χ2v) is 9.25. The average Bonchev–Trinajstić information content (AvgIpc) is 3.30. The van der Waals surface area contributed by atoms with Gasteiger partial charge in [-0.25, -0.2) is 9.18 Å². The molecule has 10 heteroatoms. The number of nitrogens with zero attached hydrogens (tertiary/aromatic N) is 2. The predicted molar refractivity (Wildman–Crippen MR) is 140 cm³/mol. The molecule has 9 nitrogen and oxygen atoms in total. The van der Waals surface area contributed by atoms with E-state index in [0.29, 0.717) is 54.4 Å². The summed E-state index contributed by atoms with van der Waals surface area (Å²) in [7, 11) is 1.55. The Morgan fingerprint density at radius 1 is 0.974 bits per heavy atom. The van der Waals surface area contributed by atoms with Crippen LogP contribution in [0.3, 0.4) is 0 Å². The van der Waals surface area contributed by atoms with Gasteiger partial charge in [0.25, 0.3) is 5.91 Å². The Morgan fingerprint density at radius 2 is 1.64 bits per heavy atom. The zero-order valence-corrected chi connectivity index (χ0v) is 21.3. The summed E-state index contributed by atoms with van der Waals surface area (Å²) in [4.78, 5) is 42.4. The first kappa shape index (κ1) is 26.2. The standard InChI is InChI=1S/C29H28FN3O6/c1-37-24-12-6-21(7-13-24)27(34)31-23-10-4-20(5-11-23)26-25(28(35)32-14-16-38-17-15-32)33(29(36)39-26)18-19-2-8-22(30)9-3-19/h2-13,25-26H,14-18H2,1H3,(H,31,34)/t25-,26-/m0/s1. The number of anilines is 1. The molecule has 3 amide bonds. The molecule has 3 aromatic carbocycles. The monoisotopic (exact) mass is 533 g/mol. The molecule has 2 saturated heterocycles. The van der Waals surface area contributed by atoms with Gasteiger partial charge in [0.15, 0.2) is 12.1 Å². The van der Waals surface area contributed by atoms with Gasteiger partial charge in [0.05, 0.1) is 26.9 Å². The van der Waals surface area contributed by atoms with Gasteiger partial charge in [-0.15, -0.1) is 0 Å². The van der Waals surface area contributed by atoms with Crippen molar-refractivity contribution < 1.29 is 33.0 Å². The Balaban J connectivity index is 1.36. The topological polar surface area (TPSA) is 97.4 Å². The van der Waals surface area contributed by atoms with Crippen molar-refractivity contribution in [3.63, 3.8) is 0 Å². The van der Waals surface area contributed by atoms with E-state index < -0.39 is 18.2 Å². The van der Waals surface area contributed by atoms with Crippen LogP contribution >= 0.6 is 0 Å². The van der Waals surface area contributed by atoms with Gasteiger partial charge < -0.3 is 24.4 Å². The van der Waals surface area contributed by atoms with Gasteiger partial charge in [-0.05, 0) is 59.7 Å². The Bertz CT molecular complexity index is 1320. The lowest BCUT2D eigenvalue weighted by Gasteiger charge is -2.32. The molecule has 1 N–H and O–H groups in total. The second kappa shape index (κ2) is 11.5. The van der Waals surface area contributed by atoms with E-state index in [2.05, 4.69) is 5.32 Å². The maximum Gasteiger partial charge on any atom is 0.411 e. The van der Waals surface area contributed by atoms with Gasteiger partial charge in [-0.3, -0.25) is 14.5 Å². The number of hydrogen-bond donors (Lipinski definition) is 1. The average molecular weight is 534 g/mol. The molecule has 0 aliphatic carbocycles. The summed E-state index contributed by atoms with van der Waals surface area (Å²) < 4.78 is 29.7. The molecule has 2 heterocycles. The highest BCUT2D eigenvalue weighted by Gasteiger charge is 2.48. The molecule has 0 spiro atoms. The smallest absolute Gasteiger partial charge is 0.411 e. The molecular formula is C29H28FN3O6. The quantitative estimate of drug-likeness (QED) is 0.493. The third-order valence-corrected chi connectivity index (χ3v) is 6.78. The normalized spacial score (nSPS) is 19.0. The van der Waals surface area contributed by atoms with Crippen LogP contribution in [0.15, 0.2) is 72.8 Å². The van der Waals surface area contributed by atoms with E-state index >= 15 is 0 Å². The first-order valence-electron chi connectivity index (χ1n) is 12.6. The number of nitrogens with one attached hydrogen (secondary N) is 1. The Morgan fingerprint density at radius 3 is 2.28 bits per heavy atom. The molecule has 2 atom stereocenters. The Kier molecular flexibility index (Phi) is 7.74. The Labute approximate surface area is 225 Å². The van der Waals surface area contributed by atoms with E-state index in [1.54, 1.807) is 72.7 Å². The third kappa shape index (κ3) is 5.85. The van der Waals surface area contributed by atoms with E-state index in [1.807, 2.05) is 0 Å². The van der Waals surface area contributed by atoms with Crippen molar-refractivity contribution in [1.82, 2.24) is 9.80 Å². The summed E-state index contributed by atoms with van der Waals surface area (Å²) in [6.45, 7) is 1.75. The maximum atomic E-state index is 13.7. The Hall–Kier alpha value is -4.44. The molecule has 0 radical (unpaired) electrons. The van der Waals surface area contributed by atoms with Crippen LogP contribution in [0.25, 0.3) is 0 Å². The molecule has 0 unspecified atom stereocenters. The fourth-order valence-corrected chi connectivity index (χ4v) is 4.65. The van der Waals surface area contributed by atoms with Crippen molar-refractivity contribution >= 4 is 23.6 Å². The lowest BCUT2D eigenvalue weighted by molar-refractivity contribution is -0.141. The van der Waals surface area contributed by atoms with Crippen LogP contribution in [-0.2, 0) is 20.8 Å². The van der Waals surface area contributed by atoms with Crippen molar-refractivity contribution in [2.45, 2.75) is 18.7 Å². The van der Waals surface area contributed by atoms with Gasteiger partial charge in [0.2, 0.25) is 5.91 Å². The number of cyclic esters (lactones) is 1. The number of ether oxygens (including phenoxy) is 3. The predicted octanol–water partition coefficient (Wildman–Crippen LogP) is 4.01. The second-order valence-electron chi connectivity index (χ2n) is 9.25. The van der Waals surface area contributed by atoms with Crippen molar-refractivity contribution in [2.75, 3.05) is 38.7 Å². The lowest BCUT2D eigenvalue weighted by atomic mass is 9.99. The minimum absolute atomic E-state index is 0.0896. The molecule has 2 aliphatic rings. The van der Waals surface area contributed by atoms with E-state index in [0.717, 1.165) is 0 Å². The first-order valence-corrected chi connectivity index (χ1v) is 12.6. The molecule has 0 aromatic heterocycles. The molecule has 2 fully saturated rings. The number of methoxy groups -OCH3 is 1. The SMILES string of the molecule is COc1ccc(C(=O)Nc2ccc([C@@H]3OC(=O)N(Cc4ccc(F)cc4)[C@@H]3C(=O)N3CCOCC3)cc2)cc1. The van der Waals surface area contributed by atoms with Gasteiger partial charge >= 0.3 is 6.09 Å². The van der Waals surface area contributed by atoms with Gasteiger partial charge in [0.1, 0.15) is 11.6 Å². The minimum Gasteiger partial charge on any atom is -0.497 e. The first-order chi connectivity index (χ1) is 18.9. The highest BCUT2D eigenvalue weighted by molar-refractivity contribution is 6.04. The van der Waals surface area contributed by atoms with Crippen LogP contribution in [0.4, 0.5) is 14.9 Å². The van der Waals surface area contributed by atoms with Gasteiger partial charge in [0, 0.05) is 24.3 Å². The van der Waals surface area contributed by atoms with E-state index in [-0.39, 0.29) is 24.2 Å². The summed E-state index contributed by atoms with van der Waals surface area (Å²) in [6, 6.07) is 18.4. The van der Waals surface area contributed by atoms with Crippen molar-refractivity contribution in [2.24, 2.45) is 0 Å². The van der Waals surface area contributed by atoms with E-state index in [9.17, 15) is 18.8 Å². The summed E-state index contributed by atoms with van der Waals surface area (Å²) in [5.41, 5.74) is 2.30. The number of halogens is 1. The molecule has 5 rings (SSSR count). The summed E-state index contributed by atoms with van der Waals surface area (Å²) in [6.07, 6.45) is -1.49. The number of morpholine rings is 1. The van der Waals surface area contributed by atoms with Crippen LogP contribution in [0, 0.1) is 5.82 Å². The number of carbonyl (C=O) groups excluding carboxylic acids is 3. The van der Waals surface area contributed by atoms with Crippen LogP contribution < -0.4 is 10.1 Å². The third-order valence-electron chi connectivity index (χ3n) is 6.78. The molecule has 202 valence electrons. The molecule has 0 saturated carbocycles. The van der Waals surface area contributed by atoms with Crippen LogP contribution in [0.1, 0.15) is 27.6 Å². The highest BCUT2D eigenvalue weighted by Crippen LogP contribution is 2.35. The summed E-state index contributed by atoms with van der Waals surface area (Å²) in [5.74, 6) is -0.269. The van der Waals surface area contributed by atoms with Crippen LogP contribution in [0.2, 0.25) is 0 Å². The van der Waals surface area contributed by atoms with E-state index in [4.69, 9.17) is 14.2 Å². The van der Waals surface area contributed by atoms with Gasteiger partial charge in [-0.1, -0.05) is 24.3 Å². The largest absolute Gasteiger partial charge is 0.497 e.